The van der Waals surface area contributed by atoms with Crippen molar-refractivity contribution in [2.45, 2.75) is 34.1 Å². The van der Waals surface area contributed by atoms with Gasteiger partial charge >= 0.3 is 0 Å². The summed E-state index contributed by atoms with van der Waals surface area (Å²) in [4.78, 5) is 13.9. The summed E-state index contributed by atoms with van der Waals surface area (Å²) in [6.07, 6.45) is 4.58. The van der Waals surface area contributed by atoms with Crippen LogP contribution in [0, 0.1) is 39.8 Å². The van der Waals surface area contributed by atoms with Gasteiger partial charge in [0.05, 0.1) is 5.58 Å². The third-order valence-electron chi connectivity index (χ3n) is 8.51. The van der Waals surface area contributed by atoms with Crippen LogP contribution in [0.25, 0.3) is 55.7 Å². The molecule has 0 unspecified atom stereocenters. The first-order valence-corrected chi connectivity index (χ1v) is 16.1. The number of nitrogens with zero attached hydrogens (tertiary/aromatic N) is 3. The van der Waals surface area contributed by atoms with Gasteiger partial charge in [-0.1, -0.05) is 83.2 Å². The van der Waals surface area contributed by atoms with Crippen molar-refractivity contribution in [3.8, 4) is 33.6 Å². The van der Waals surface area contributed by atoms with Crippen molar-refractivity contribution in [1.29, 1.82) is 0 Å². The van der Waals surface area contributed by atoms with Gasteiger partial charge in [0.2, 0.25) is 5.71 Å². The van der Waals surface area contributed by atoms with Gasteiger partial charge in [-0.2, -0.15) is 0 Å². The minimum atomic E-state index is 0. The van der Waals surface area contributed by atoms with E-state index < -0.39 is 0 Å². The number of aromatic nitrogens is 3. The third-order valence-corrected chi connectivity index (χ3v) is 8.51. The Morgan fingerprint density at radius 2 is 1.41 bits per heavy atom. The summed E-state index contributed by atoms with van der Waals surface area (Å²) in [5.74, 6) is 0. The minimum absolute atomic E-state index is 0. The van der Waals surface area contributed by atoms with Crippen molar-refractivity contribution < 1.29 is 24.5 Å². The second-order valence-corrected chi connectivity index (χ2v) is 12.2. The molecule has 0 atom stereocenters. The monoisotopic (exact) mass is 814 g/mol. The van der Waals surface area contributed by atoms with Crippen LogP contribution in [-0.4, -0.2) is 15.0 Å². The van der Waals surface area contributed by atoms with Gasteiger partial charge in [0.1, 0.15) is 0 Å². The van der Waals surface area contributed by atoms with E-state index in [9.17, 15) is 0 Å². The molecular weight excluding hydrogens is 779 g/mol. The van der Waals surface area contributed by atoms with Gasteiger partial charge in [0.15, 0.2) is 0 Å². The van der Waals surface area contributed by atoms with Crippen LogP contribution in [-0.2, 0) is 26.5 Å². The van der Waals surface area contributed by atoms with Gasteiger partial charge in [-0.05, 0) is 84.6 Å². The molecule has 8 rings (SSSR count). The van der Waals surface area contributed by atoms with E-state index in [1.807, 2.05) is 67.8 Å². The maximum Gasteiger partial charge on any atom is 0.216 e. The molecule has 49 heavy (non-hydrogen) atoms. The zero-order valence-electron chi connectivity index (χ0n) is 27.9. The second kappa shape index (κ2) is 14.9. The first kappa shape index (κ1) is 33.7. The molecule has 4 aromatic heterocycles. The van der Waals surface area contributed by atoms with Crippen LogP contribution in [0.15, 0.2) is 132 Å². The molecule has 8 aromatic rings. The summed E-state index contributed by atoms with van der Waals surface area (Å²) in [7, 11) is 0. The van der Waals surface area contributed by atoms with Crippen molar-refractivity contribution >= 4 is 22.1 Å². The molecule has 0 aliphatic heterocycles. The van der Waals surface area contributed by atoms with E-state index in [1.165, 1.54) is 33.4 Å². The fraction of sp³-hybridized carbons (Fsp3) is 0.114. The number of hydrogen-bond donors (Lipinski definition) is 0. The van der Waals surface area contributed by atoms with Crippen molar-refractivity contribution in [2.24, 2.45) is 0 Å². The van der Waals surface area contributed by atoms with E-state index in [-0.39, 0.29) is 20.1 Å². The second-order valence-electron chi connectivity index (χ2n) is 12.2. The molecule has 0 aliphatic rings. The Balaban J connectivity index is 0.000000250. The number of furan rings is 1. The number of benzene rings is 4. The van der Waals surface area contributed by atoms with Gasteiger partial charge < -0.3 is 14.4 Å². The Morgan fingerprint density at radius 3 is 2.16 bits per heavy atom. The number of rotatable bonds is 5. The molecule has 0 fully saturated rings. The van der Waals surface area contributed by atoms with Gasteiger partial charge in [-0.25, -0.2) is 4.98 Å². The molecule has 0 saturated carbocycles. The van der Waals surface area contributed by atoms with Gasteiger partial charge in [0.25, 0.3) is 0 Å². The molecule has 5 heteroatoms. The summed E-state index contributed by atoms with van der Waals surface area (Å²) in [5, 5.41) is 2.04. The molecule has 0 aliphatic carbocycles. The van der Waals surface area contributed by atoms with Crippen molar-refractivity contribution in [1.82, 2.24) is 15.0 Å². The van der Waals surface area contributed by atoms with Crippen LogP contribution in [0.2, 0.25) is 0 Å². The van der Waals surface area contributed by atoms with Gasteiger partial charge in [0, 0.05) is 50.0 Å². The predicted octanol–water partition coefficient (Wildman–Crippen LogP) is 10.9. The van der Waals surface area contributed by atoms with Crippen molar-refractivity contribution in [2.75, 3.05) is 0 Å². The van der Waals surface area contributed by atoms with Crippen LogP contribution in [0.4, 0.5) is 0 Å². The first-order valence-electron chi connectivity index (χ1n) is 16.1. The molecular formula is C44H35IrN3O-2. The Labute approximate surface area is 301 Å². The molecule has 0 saturated heterocycles. The fourth-order valence-corrected chi connectivity index (χ4v) is 6.00. The number of hydrogen-bond acceptors (Lipinski definition) is 4. The molecule has 4 nitrogen and oxygen atoms in total. The van der Waals surface area contributed by atoms with Gasteiger partial charge in [-0.15, -0.1) is 54.1 Å². The molecule has 0 bridgehead atoms. The fourth-order valence-electron chi connectivity index (χ4n) is 6.00. The standard InChI is InChI=1S/C32H25N2O.C12H10N.Ir/c1-20-12-14-25(21(2)16-20)29-18-30(33-19-22(29)3)28-11-7-10-26-27-15-13-24(34-32(27)35-31(26)28)17-23-8-5-4-6-9-23;1-10-7-8-12(13-9-10)11-5-3-2-4-6-11;/h4-10,12-16,18-19H,17H2,1-3H3;2-5,7-9H,1H3;/q2*-1;. The Bertz CT molecular complexity index is 2350. The summed E-state index contributed by atoms with van der Waals surface area (Å²) in [6, 6.07) is 45.7. The number of pyridine rings is 3. The average molecular weight is 814 g/mol. The number of fused-ring (bicyclic) bond motifs is 3. The van der Waals surface area contributed by atoms with Crippen molar-refractivity contribution in [3.05, 3.63) is 173 Å². The zero-order chi connectivity index (χ0) is 33.0. The van der Waals surface area contributed by atoms with E-state index in [1.54, 1.807) is 0 Å². The van der Waals surface area contributed by atoms with Crippen LogP contribution >= 0.6 is 0 Å². The largest absolute Gasteiger partial charge is 0.486 e. The van der Waals surface area contributed by atoms with E-state index >= 15 is 0 Å². The van der Waals surface area contributed by atoms with Crippen molar-refractivity contribution in [3.63, 3.8) is 0 Å². The summed E-state index contributed by atoms with van der Waals surface area (Å²) >= 11 is 0. The Morgan fingerprint density at radius 1 is 0.612 bits per heavy atom. The summed E-state index contributed by atoms with van der Waals surface area (Å²) < 4.78 is 6.35. The van der Waals surface area contributed by atoms with Gasteiger partial charge in [-0.3, -0.25) is 0 Å². The average Bonchev–Trinajstić information content (AvgIpc) is 3.48. The molecule has 1 radical (unpaired) electrons. The van der Waals surface area contributed by atoms with Crippen LogP contribution in [0.1, 0.15) is 33.5 Å². The number of aryl methyl sites for hydroxylation is 4. The Hall–Kier alpha value is -5.22. The molecule has 0 spiro atoms. The zero-order valence-corrected chi connectivity index (χ0v) is 30.3. The maximum atomic E-state index is 6.35. The SMILES string of the molecule is Cc1ccc(-c2[c-]cccc2)nc1.Cc1ccc(-c2cc(-c3[c-]ccc4c3oc3nc(Cc5ccccc5)ccc34)ncc2C)c(C)c1.[Ir]. The van der Waals surface area contributed by atoms with E-state index in [0.29, 0.717) is 5.71 Å². The van der Waals surface area contributed by atoms with E-state index in [4.69, 9.17) is 14.4 Å². The normalized spacial score (nSPS) is 10.8. The van der Waals surface area contributed by atoms with Crippen LogP contribution in [0.3, 0.4) is 0 Å². The molecule has 0 amide bonds. The Kier molecular flexibility index (Phi) is 10.2. The van der Waals surface area contributed by atoms with Crippen LogP contribution < -0.4 is 0 Å². The predicted molar refractivity (Wildman–Crippen MR) is 196 cm³/mol. The summed E-state index contributed by atoms with van der Waals surface area (Å²) in [6.45, 7) is 8.42. The smallest absolute Gasteiger partial charge is 0.216 e. The molecule has 0 N–H and O–H groups in total. The minimum Gasteiger partial charge on any atom is -0.486 e. The topological polar surface area (TPSA) is 51.8 Å². The molecule has 4 aromatic carbocycles. The molecule has 243 valence electrons. The van der Waals surface area contributed by atoms with E-state index in [0.717, 1.165) is 56.5 Å². The van der Waals surface area contributed by atoms with Crippen LogP contribution in [0.5, 0.6) is 0 Å². The quantitative estimate of drug-likeness (QED) is 0.162. The van der Waals surface area contributed by atoms with E-state index in [2.05, 4.69) is 105 Å². The third kappa shape index (κ3) is 7.44. The molecule has 4 heterocycles. The summed E-state index contributed by atoms with van der Waals surface area (Å²) in [5.41, 5.74) is 14.6. The first-order chi connectivity index (χ1) is 23.4. The maximum absolute atomic E-state index is 6.35.